The van der Waals surface area contributed by atoms with Gasteiger partial charge in [-0.25, -0.2) is 9.97 Å². The first-order valence-electron chi connectivity index (χ1n) is 8.91. The average Bonchev–Trinajstić information content (AvgIpc) is 3.31. The lowest BCUT2D eigenvalue weighted by molar-refractivity contribution is -0.129. The molecule has 0 aliphatic carbocycles. The normalized spacial score (nSPS) is 15.5. The van der Waals surface area contributed by atoms with Crippen LogP contribution in [0.5, 0.6) is 0 Å². The molecule has 6 heteroatoms. The van der Waals surface area contributed by atoms with Gasteiger partial charge >= 0.3 is 0 Å². The van der Waals surface area contributed by atoms with Crippen LogP contribution in [0.1, 0.15) is 25.6 Å². The lowest BCUT2D eigenvalue weighted by Crippen LogP contribution is -2.34. The first-order chi connectivity index (χ1) is 12.6. The quantitative estimate of drug-likeness (QED) is 0.481. The summed E-state index contributed by atoms with van der Waals surface area (Å²) in [6.45, 7) is 5.68. The zero-order chi connectivity index (χ0) is 18.1. The Hall–Kier alpha value is -1.92. The van der Waals surface area contributed by atoms with Crippen LogP contribution in [0.25, 0.3) is 20.7 Å². The van der Waals surface area contributed by atoms with Crippen LogP contribution in [0.2, 0.25) is 0 Å². The molecule has 1 atom stereocenters. The van der Waals surface area contributed by atoms with E-state index in [1.165, 1.54) is 10.4 Å². The highest BCUT2D eigenvalue weighted by molar-refractivity contribution is 8.00. The molecular formula is C20H21N3OS2. The standard InChI is InChI=1S/C20H21N3OS2/c1-13(20(24)23-10-6-7-11-23)25-18-16-12-17(15-8-4-3-5-9-15)26-19(16)22-14(2)21-18/h3-5,8-9,12-13H,6-7,10-11H2,1-2H3. The van der Waals surface area contributed by atoms with E-state index < -0.39 is 0 Å². The Kier molecular flexibility index (Phi) is 4.96. The summed E-state index contributed by atoms with van der Waals surface area (Å²) in [6.07, 6.45) is 2.23. The minimum Gasteiger partial charge on any atom is -0.342 e. The molecular weight excluding hydrogens is 362 g/mol. The average molecular weight is 384 g/mol. The smallest absolute Gasteiger partial charge is 0.235 e. The Bertz CT molecular complexity index is 933. The van der Waals surface area contributed by atoms with Crippen LogP contribution < -0.4 is 0 Å². The number of aromatic nitrogens is 2. The number of thioether (sulfide) groups is 1. The maximum Gasteiger partial charge on any atom is 0.235 e. The van der Waals surface area contributed by atoms with E-state index in [0.717, 1.165) is 47.0 Å². The Morgan fingerprint density at radius 3 is 2.65 bits per heavy atom. The molecule has 1 aliphatic heterocycles. The summed E-state index contributed by atoms with van der Waals surface area (Å²) in [5, 5.41) is 1.82. The lowest BCUT2D eigenvalue weighted by atomic mass is 10.2. The van der Waals surface area contributed by atoms with E-state index in [9.17, 15) is 4.79 Å². The molecule has 3 aromatic rings. The van der Waals surface area contributed by atoms with Crippen molar-refractivity contribution in [2.45, 2.75) is 37.0 Å². The second kappa shape index (κ2) is 7.37. The molecule has 1 fully saturated rings. The fourth-order valence-electron chi connectivity index (χ4n) is 3.24. The van der Waals surface area contributed by atoms with Gasteiger partial charge in [0.15, 0.2) is 0 Å². The van der Waals surface area contributed by atoms with Crippen LogP contribution >= 0.6 is 23.1 Å². The zero-order valence-electron chi connectivity index (χ0n) is 14.9. The van der Waals surface area contributed by atoms with Gasteiger partial charge in [0.1, 0.15) is 15.7 Å². The van der Waals surface area contributed by atoms with Crippen LogP contribution in [-0.2, 0) is 4.79 Å². The van der Waals surface area contributed by atoms with Gasteiger partial charge in [-0.1, -0.05) is 42.1 Å². The van der Waals surface area contributed by atoms with Crippen molar-refractivity contribution in [2.24, 2.45) is 0 Å². The molecule has 1 unspecified atom stereocenters. The number of aryl methyl sites for hydroxylation is 1. The monoisotopic (exact) mass is 383 g/mol. The maximum absolute atomic E-state index is 12.7. The third-order valence-corrected chi connectivity index (χ3v) is 6.75. The number of carbonyl (C=O) groups is 1. The largest absolute Gasteiger partial charge is 0.342 e. The summed E-state index contributed by atoms with van der Waals surface area (Å²) in [4.78, 5) is 26.1. The van der Waals surface area contributed by atoms with Crippen molar-refractivity contribution in [1.29, 1.82) is 0 Å². The highest BCUT2D eigenvalue weighted by Gasteiger charge is 2.25. The molecule has 1 aliphatic rings. The molecule has 0 radical (unpaired) electrons. The summed E-state index contributed by atoms with van der Waals surface area (Å²) < 4.78 is 0. The van der Waals surface area contributed by atoms with Crippen LogP contribution in [0.3, 0.4) is 0 Å². The van der Waals surface area contributed by atoms with Crippen molar-refractivity contribution in [3.05, 3.63) is 42.2 Å². The summed E-state index contributed by atoms with van der Waals surface area (Å²) in [5.74, 6) is 0.970. The molecule has 1 amide bonds. The van der Waals surface area contributed by atoms with Gasteiger partial charge in [-0.15, -0.1) is 11.3 Å². The predicted octanol–water partition coefficient (Wildman–Crippen LogP) is 4.77. The van der Waals surface area contributed by atoms with E-state index in [1.54, 1.807) is 23.1 Å². The fourth-order valence-corrected chi connectivity index (χ4v) is 5.44. The SMILES string of the molecule is Cc1nc(SC(C)C(=O)N2CCCC2)c2cc(-c3ccccc3)sc2n1. The third-order valence-electron chi connectivity index (χ3n) is 4.58. The van der Waals surface area contributed by atoms with Gasteiger partial charge < -0.3 is 4.90 Å². The molecule has 134 valence electrons. The zero-order valence-corrected chi connectivity index (χ0v) is 16.6. The number of thiophene rings is 1. The summed E-state index contributed by atoms with van der Waals surface area (Å²) >= 11 is 3.23. The molecule has 26 heavy (non-hydrogen) atoms. The van der Waals surface area contributed by atoms with Gasteiger partial charge in [0, 0.05) is 23.4 Å². The van der Waals surface area contributed by atoms with Gasteiger partial charge in [0.2, 0.25) is 5.91 Å². The molecule has 1 saturated heterocycles. The number of likely N-dealkylation sites (tertiary alicyclic amines) is 1. The number of hydrogen-bond acceptors (Lipinski definition) is 5. The van der Waals surface area contributed by atoms with E-state index >= 15 is 0 Å². The van der Waals surface area contributed by atoms with Crippen molar-refractivity contribution < 1.29 is 4.79 Å². The van der Waals surface area contributed by atoms with Crippen LogP contribution in [-0.4, -0.2) is 39.1 Å². The first kappa shape index (κ1) is 17.5. The van der Waals surface area contributed by atoms with Gasteiger partial charge in [-0.2, -0.15) is 0 Å². The number of benzene rings is 1. The van der Waals surface area contributed by atoms with E-state index in [2.05, 4.69) is 28.2 Å². The summed E-state index contributed by atoms with van der Waals surface area (Å²) in [6, 6.07) is 12.5. The van der Waals surface area contributed by atoms with Crippen LogP contribution in [0.4, 0.5) is 0 Å². The second-order valence-corrected chi connectivity index (χ2v) is 8.92. The van der Waals surface area contributed by atoms with Crippen LogP contribution in [0, 0.1) is 6.92 Å². The Morgan fingerprint density at radius 2 is 1.92 bits per heavy atom. The number of fused-ring (bicyclic) bond motifs is 1. The highest BCUT2D eigenvalue weighted by Crippen LogP contribution is 2.38. The van der Waals surface area contributed by atoms with Gasteiger partial charge in [-0.3, -0.25) is 4.79 Å². The number of nitrogens with zero attached hydrogens (tertiary/aromatic N) is 3. The van der Waals surface area contributed by atoms with Crippen LogP contribution in [0.15, 0.2) is 41.4 Å². The van der Waals surface area contributed by atoms with Crippen molar-refractivity contribution in [1.82, 2.24) is 14.9 Å². The number of amides is 1. The van der Waals surface area contributed by atoms with Crippen molar-refractivity contribution in [3.8, 4) is 10.4 Å². The Labute approximate surface area is 161 Å². The molecule has 4 rings (SSSR count). The fraction of sp³-hybridized carbons (Fsp3) is 0.350. The third kappa shape index (κ3) is 3.48. The Balaban J connectivity index is 1.66. The minimum absolute atomic E-state index is 0.134. The van der Waals surface area contributed by atoms with Crippen molar-refractivity contribution >= 4 is 39.2 Å². The highest BCUT2D eigenvalue weighted by atomic mass is 32.2. The molecule has 0 bridgehead atoms. The number of hydrogen-bond donors (Lipinski definition) is 0. The summed E-state index contributed by atoms with van der Waals surface area (Å²) in [7, 11) is 0. The second-order valence-electron chi connectivity index (χ2n) is 6.56. The lowest BCUT2D eigenvalue weighted by Gasteiger charge is -2.19. The van der Waals surface area contributed by atoms with Gasteiger partial charge in [-0.05, 0) is 38.3 Å². The molecule has 0 spiro atoms. The number of carbonyl (C=O) groups excluding carboxylic acids is 1. The minimum atomic E-state index is -0.134. The Morgan fingerprint density at radius 1 is 1.19 bits per heavy atom. The van der Waals surface area contributed by atoms with E-state index in [1.807, 2.05) is 36.9 Å². The molecule has 0 saturated carbocycles. The molecule has 4 nitrogen and oxygen atoms in total. The van der Waals surface area contributed by atoms with E-state index in [4.69, 9.17) is 0 Å². The molecule has 3 heterocycles. The van der Waals surface area contributed by atoms with Crippen molar-refractivity contribution in [3.63, 3.8) is 0 Å². The van der Waals surface area contributed by atoms with Gasteiger partial charge in [0.25, 0.3) is 0 Å². The summed E-state index contributed by atoms with van der Waals surface area (Å²) in [5.41, 5.74) is 1.19. The first-order valence-corrected chi connectivity index (χ1v) is 10.6. The van der Waals surface area contributed by atoms with Crippen molar-refractivity contribution in [2.75, 3.05) is 13.1 Å². The number of rotatable bonds is 4. The molecule has 2 aromatic heterocycles. The van der Waals surface area contributed by atoms with E-state index in [-0.39, 0.29) is 11.2 Å². The molecule has 0 N–H and O–H groups in total. The predicted molar refractivity (Wildman–Crippen MR) is 109 cm³/mol. The van der Waals surface area contributed by atoms with E-state index in [0.29, 0.717) is 0 Å². The van der Waals surface area contributed by atoms with Gasteiger partial charge in [0.05, 0.1) is 5.25 Å². The topological polar surface area (TPSA) is 46.1 Å². The maximum atomic E-state index is 12.7. The molecule has 1 aromatic carbocycles.